The van der Waals surface area contributed by atoms with Gasteiger partial charge >= 0.3 is 6.03 Å². The fourth-order valence-electron chi connectivity index (χ4n) is 3.48. The summed E-state index contributed by atoms with van der Waals surface area (Å²) in [6.07, 6.45) is 0.713. The lowest BCUT2D eigenvalue weighted by atomic mass is 9.90. The van der Waals surface area contributed by atoms with Gasteiger partial charge in [-0.1, -0.05) is 34.1 Å². The van der Waals surface area contributed by atoms with Gasteiger partial charge in [0, 0.05) is 22.1 Å². The maximum absolute atomic E-state index is 12.7. The largest absolute Gasteiger partial charge is 0.467 e. The van der Waals surface area contributed by atoms with Crippen molar-refractivity contribution < 1.29 is 9.53 Å². The topological polar surface area (TPSA) is 41.6 Å². The van der Waals surface area contributed by atoms with Gasteiger partial charge in [0.05, 0.1) is 6.04 Å². The monoisotopic (exact) mass is 372 g/mol. The molecule has 1 fully saturated rings. The number of anilines is 1. The normalized spacial score (nSPS) is 25.4. The molecule has 0 aliphatic carbocycles. The fourth-order valence-corrected chi connectivity index (χ4v) is 3.73. The van der Waals surface area contributed by atoms with Crippen LogP contribution in [-0.2, 0) is 0 Å². The van der Waals surface area contributed by atoms with Crippen molar-refractivity contribution in [2.24, 2.45) is 0 Å². The zero-order chi connectivity index (χ0) is 16.2. The van der Waals surface area contributed by atoms with Crippen LogP contribution in [0.15, 0.2) is 46.9 Å². The highest BCUT2D eigenvalue weighted by Gasteiger charge is 2.49. The van der Waals surface area contributed by atoms with Crippen molar-refractivity contribution in [1.29, 1.82) is 0 Å². The quantitative estimate of drug-likeness (QED) is 0.798. The Labute approximate surface area is 143 Å². The van der Waals surface area contributed by atoms with E-state index < -0.39 is 5.72 Å². The van der Waals surface area contributed by atoms with Gasteiger partial charge in [-0.15, -0.1) is 0 Å². The van der Waals surface area contributed by atoms with Crippen molar-refractivity contribution in [1.82, 2.24) is 5.32 Å². The molecule has 0 aromatic heterocycles. The predicted octanol–water partition coefficient (Wildman–Crippen LogP) is 4.53. The van der Waals surface area contributed by atoms with E-state index in [0.717, 1.165) is 27.0 Å². The molecule has 2 aliphatic heterocycles. The molecule has 2 bridgehead atoms. The molecule has 0 saturated carbocycles. The lowest BCUT2D eigenvalue weighted by Crippen LogP contribution is -2.65. The van der Waals surface area contributed by atoms with Crippen molar-refractivity contribution in [3.8, 4) is 5.75 Å². The zero-order valence-electron chi connectivity index (χ0n) is 13.0. The molecule has 118 valence electrons. The summed E-state index contributed by atoms with van der Waals surface area (Å²) in [5.74, 6) is 0.838. The number of amides is 2. The number of hydrogen-bond donors (Lipinski definition) is 1. The van der Waals surface area contributed by atoms with Crippen LogP contribution < -0.4 is 15.0 Å². The highest BCUT2D eigenvalue weighted by atomic mass is 79.9. The van der Waals surface area contributed by atoms with E-state index in [4.69, 9.17) is 4.74 Å². The molecule has 4 rings (SSSR count). The second kappa shape index (κ2) is 4.99. The van der Waals surface area contributed by atoms with Gasteiger partial charge in [0.15, 0.2) is 5.72 Å². The van der Waals surface area contributed by atoms with Gasteiger partial charge in [-0.3, -0.25) is 4.90 Å². The SMILES string of the molecule is Cc1cc(N2C(=O)N[C@@H]3C[C@]2(C)Oc2ccccc23)ccc1Br. The number of fused-ring (bicyclic) bond motifs is 4. The molecular weight excluding hydrogens is 356 g/mol. The molecule has 2 aliphatic rings. The highest BCUT2D eigenvalue weighted by molar-refractivity contribution is 9.10. The van der Waals surface area contributed by atoms with Gasteiger partial charge in [-0.2, -0.15) is 0 Å². The number of para-hydroxylation sites is 1. The Kier molecular flexibility index (Phi) is 3.17. The summed E-state index contributed by atoms with van der Waals surface area (Å²) in [4.78, 5) is 14.5. The molecular formula is C18H17BrN2O2. The Bertz CT molecular complexity index is 807. The molecule has 2 heterocycles. The molecule has 0 unspecified atom stereocenters. The summed E-state index contributed by atoms with van der Waals surface area (Å²) < 4.78 is 7.28. The van der Waals surface area contributed by atoms with Crippen molar-refractivity contribution in [3.63, 3.8) is 0 Å². The Hall–Kier alpha value is -2.01. The van der Waals surface area contributed by atoms with E-state index in [1.54, 1.807) is 4.90 Å². The van der Waals surface area contributed by atoms with Crippen LogP contribution in [0.25, 0.3) is 0 Å². The summed E-state index contributed by atoms with van der Waals surface area (Å²) >= 11 is 3.51. The first-order valence-corrected chi connectivity index (χ1v) is 8.42. The van der Waals surface area contributed by atoms with Crippen LogP contribution in [0.3, 0.4) is 0 Å². The minimum Gasteiger partial charge on any atom is -0.467 e. The van der Waals surface area contributed by atoms with Crippen molar-refractivity contribution >= 4 is 27.6 Å². The molecule has 4 nitrogen and oxygen atoms in total. The van der Waals surface area contributed by atoms with Gasteiger partial charge in [0.1, 0.15) is 5.75 Å². The number of rotatable bonds is 1. The molecule has 23 heavy (non-hydrogen) atoms. The third-order valence-corrected chi connectivity index (χ3v) is 5.47. The maximum Gasteiger partial charge on any atom is 0.325 e. The van der Waals surface area contributed by atoms with E-state index in [1.165, 1.54) is 0 Å². The highest BCUT2D eigenvalue weighted by Crippen LogP contribution is 2.45. The van der Waals surface area contributed by atoms with Crippen LogP contribution >= 0.6 is 15.9 Å². The van der Waals surface area contributed by atoms with E-state index in [-0.39, 0.29) is 12.1 Å². The number of carbonyl (C=O) groups excluding carboxylic acids is 1. The van der Waals surface area contributed by atoms with Gasteiger partial charge in [0.2, 0.25) is 0 Å². The van der Waals surface area contributed by atoms with Gasteiger partial charge < -0.3 is 10.1 Å². The Morgan fingerprint density at radius 2 is 2.09 bits per heavy atom. The third kappa shape index (κ3) is 2.22. The fraction of sp³-hybridized carbons (Fsp3) is 0.278. The average molecular weight is 373 g/mol. The predicted molar refractivity (Wildman–Crippen MR) is 92.7 cm³/mol. The number of nitrogens with zero attached hydrogens (tertiary/aromatic N) is 1. The van der Waals surface area contributed by atoms with E-state index >= 15 is 0 Å². The number of halogens is 1. The first-order valence-electron chi connectivity index (χ1n) is 7.63. The molecule has 2 amide bonds. The number of carbonyl (C=O) groups is 1. The minimum atomic E-state index is -0.693. The molecule has 1 N–H and O–H groups in total. The Morgan fingerprint density at radius 1 is 1.30 bits per heavy atom. The number of hydrogen-bond acceptors (Lipinski definition) is 2. The van der Waals surface area contributed by atoms with Crippen LogP contribution in [0, 0.1) is 6.92 Å². The van der Waals surface area contributed by atoms with Crippen LogP contribution in [0.2, 0.25) is 0 Å². The zero-order valence-corrected chi connectivity index (χ0v) is 14.6. The standard InChI is InChI=1S/C18H17BrN2O2/c1-11-9-12(7-8-14(11)19)21-17(22)20-15-10-18(21,2)23-16-6-4-3-5-13(15)16/h3-9,15H,10H2,1-2H3,(H,20,22)/t15-,18+/m1/s1. The number of ether oxygens (including phenoxy) is 1. The average Bonchev–Trinajstić information content (AvgIpc) is 2.50. The Balaban J connectivity index is 1.81. The lowest BCUT2D eigenvalue weighted by molar-refractivity contribution is 0.0379. The number of urea groups is 1. The maximum atomic E-state index is 12.7. The molecule has 2 aromatic rings. The van der Waals surface area contributed by atoms with Gasteiger partial charge in [-0.25, -0.2) is 4.79 Å². The van der Waals surface area contributed by atoms with E-state index in [0.29, 0.717) is 6.42 Å². The summed E-state index contributed by atoms with van der Waals surface area (Å²) in [5, 5.41) is 3.11. The van der Waals surface area contributed by atoms with Crippen molar-refractivity contribution in [2.45, 2.75) is 32.0 Å². The summed E-state index contributed by atoms with van der Waals surface area (Å²) in [7, 11) is 0. The van der Waals surface area contributed by atoms with Gasteiger partial charge in [0.25, 0.3) is 0 Å². The Morgan fingerprint density at radius 3 is 2.87 bits per heavy atom. The second-order valence-corrected chi connectivity index (χ2v) is 7.14. The molecule has 5 heteroatoms. The van der Waals surface area contributed by atoms with E-state index in [2.05, 4.69) is 21.2 Å². The summed E-state index contributed by atoms with van der Waals surface area (Å²) in [6.45, 7) is 3.99. The van der Waals surface area contributed by atoms with Gasteiger partial charge in [-0.05, 0) is 43.7 Å². The number of aryl methyl sites for hydroxylation is 1. The second-order valence-electron chi connectivity index (χ2n) is 6.29. The molecule has 0 radical (unpaired) electrons. The van der Waals surface area contributed by atoms with Crippen LogP contribution in [0.4, 0.5) is 10.5 Å². The lowest BCUT2D eigenvalue weighted by Gasteiger charge is -2.50. The minimum absolute atomic E-state index is 0.00903. The van der Waals surface area contributed by atoms with Crippen LogP contribution in [-0.4, -0.2) is 11.8 Å². The number of benzene rings is 2. The van der Waals surface area contributed by atoms with E-state index in [9.17, 15) is 4.79 Å². The molecule has 2 aromatic carbocycles. The summed E-state index contributed by atoms with van der Waals surface area (Å²) in [6, 6.07) is 13.7. The van der Waals surface area contributed by atoms with Crippen LogP contribution in [0.1, 0.15) is 30.5 Å². The van der Waals surface area contributed by atoms with Crippen molar-refractivity contribution in [2.75, 3.05) is 4.90 Å². The smallest absolute Gasteiger partial charge is 0.325 e. The number of nitrogens with one attached hydrogen (secondary N) is 1. The third-order valence-electron chi connectivity index (χ3n) is 4.58. The van der Waals surface area contributed by atoms with E-state index in [1.807, 2.05) is 56.3 Å². The summed E-state index contributed by atoms with van der Waals surface area (Å²) in [5.41, 5.74) is 2.27. The van der Waals surface area contributed by atoms with Crippen molar-refractivity contribution in [3.05, 3.63) is 58.1 Å². The molecule has 1 saturated heterocycles. The van der Waals surface area contributed by atoms with Crippen LogP contribution in [0.5, 0.6) is 5.75 Å². The molecule has 2 atom stereocenters. The first-order chi connectivity index (χ1) is 11.0. The first kappa shape index (κ1) is 14.6. The molecule has 0 spiro atoms.